The van der Waals surface area contributed by atoms with Crippen LogP contribution in [0.25, 0.3) is 21.9 Å². The van der Waals surface area contributed by atoms with E-state index in [-0.39, 0.29) is 30.2 Å². The van der Waals surface area contributed by atoms with Gasteiger partial charge in [0.25, 0.3) is 10.0 Å². The van der Waals surface area contributed by atoms with Gasteiger partial charge < -0.3 is 20.5 Å². The minimum Gasteiger partial charge on any atom is -0.383 e. The zero-order valence-electron chi connectivity index (χ0n) is 20.5. The number of carbonyl (C=O) groups is 1. The number of aromatic nitrogens is 4. The number of piperazine rings is 1. The van der Waals surface area contributed by atoms with E-state index in [0.29, 0.717) is 40.5 Å². The number of rotatable bonds is 6. The lowest BCUT2D eigenvalue weighted by molar-refractivity contribution is -0.138. The molecule has 4 aromatic rings. The number of imidazole rings is 1. The van der Waals surface area contributed by atoms with Crippen LogP contribution in [0.15, 0.2) is 47.9 Å². The van der Waals surface area contributed by atoms with Crippen LogP contribution < -0.4 is 5.73 Å². The fourth-order valence-corrected chi connectivity index (χ4v) is 6.80. The number of anilines is 1. The number of fused-ring (bicyclic) bond motifs is 2. The molecule has 38 heavy (non-hydrogen) atoms. The zero-order valence-corrected chi connectivity index (χ0v) is 22.1. The molecule has 1 amide bonds. The second kappa shape index (κ2) is 9.77. The summed E-state index contributed by atoms with van der Waals surface area (Å²) in [4.78, 5) is 33.1. The highest BCUT2D eigenvalue weighted by Crippen LogP contribution is 2.26. The van der Waals surface area contributed by atoms with Crippen LogP contribution in [-0.4, -0.2) is 87.1 Å². The quantitative estimate of drug-likeness (QED) is 0.369. The van der Waals surface area contributed by atoms with Crippen LogP contribution in [0.4, 0.5) is 5.82 Å². The number of aromatic amines is 1. The molecule has 2 aliphatic rings. The fourth-order valence-electron chi connectivity index (χ4n) is 5.28. The van der Waals surface area contributed by atoms with Crippen molar-refractivity contribution in [3.05, 3.63) is 53.3 Å². The monoisotopic (exact) mass is 554 g/mol. The fraction of sp³-hybridized carbons (Fsp3) is 0.360. The second-order valence-electron chi connectivity index (χ2n) is 9.79. The van der Waals surface area contributed by atoms with Crippen molar-refractivity contribution in [2.24, 2.45) is 0 Å². The molecule has 3 N–H and O–H groups in total. The number of sulfonamides is 1. The number of nitrogen functional groups attached to an aromatic ring is 1. The molecule has 6 rings (SSSR count). The molecule has 2 aliphatic heterocycles. The minimum absolute atomic E-state index is 0.172. The molecule has 11 nitrogen and oxygen atoms in total. The third kappa shape index (κ3) is 4.68. The van der Waals surface area contributed by atoms with E-state index >= 15 is 0 Å². The highest BCUT2D eigenvalue weighted by Gasteiger charge is 2.40. The summed E-state index contributed by atoms with van der Waals surface area (Å²) < 4.78 is 28.4. The van der Waals surface area contributed by atoms with Gasteiger partial charge in [-0.05, 0) is 61.8 Å². The van der Waals surface area contributed by atoms with Crippen molar-refractivity contribution in [1.82, 2.24) is 34.0 Å². The Bertz CT molecular complexity index is 1640. The predicted octanol–water partition coefficient (Wildman–Crippen LogP) is 2.24. The van der Waals surface area contributed by atoms with E-state index in [1.54, 1.807) is 23.1 Å². The first kappa shape index (κ1) is 25.0. The van der Waals surface area contributed by atoms with Gasteiger partial charge in [0.15, 0.2) is 0 Å². The second-order valence-corrected chi connectivity index (χ2v) is 12.1. The van der Waals surface area contributed by atoms with Crippen LogP contribution in [0.1, 0.15) is 18.4 Å². The molecule has 2 fully saturated rings. The number of H-pyrrole nitrogens is 1. The third-order valence-electron chi connectivity index (χ3n) is 7.25. The molecule has 1 atom stereocenters. The number of nitrogens with two attached hydrogens (primary N) is 1. The van der Waals surface area contributed by atoms with Gasteiger partial charge in [-0.25, -0.2) is 23.4 Å². The van der Waals surface area contributed by atoms with E-state index in [9.17, 15) is 13.2 Å². The first-order valence-corrected chi connectivity index (χ1v) is 14.3. The predicted molar refractivity (Wildman–Crippen MR) is 144 cm³/mol. The lowest BCUT2D eigenvalue weighted by atomic mass is 10.1. The van der Waals surface area contributed by atoms with E-state index in [1.807, 2.05) is 18.2 Å². The number of likely N-dealkylation sites (tertiary alicyclic amines) is 1. The Morgan fingerprint density at radius 3 is 2.71 bits per heavy atom. The molecule has 198 valence electrons. The van der Waals surface area contributed by atoms with Gasteiger partial charge in [0.2, 0.25) is 11.1 Å². The first-order valence-electron chi connectivity index (χ1n) is 12.4. The summed E-state index contributed by atoms with van der Waals surface area (Å²) in [6, 6.07) is 10.3. The van der Waals surface area contributed by atoms with Gasteiger partial charge in [0.1, 0.15) is 12.1 Å². The Kier molecular flexibility index (Phi) is 6.42. The number of hydrogen-bond acceptors (Lipinski definition) is 8. The van der Waals surface area contributed by atoms with Gasteiger partial charge in [0, 0.05) is 30.0 Å². The molecule has 0 unspecified atom stereocenters. The number of amides is 1. The van der Waals surface area contributed by atoms with Crippen LogP contribution in [0.2, 0.25) is 5.02 Å². The number of nitrogens with zero attached hydrogens (tertiary/aromatic N) is 6. The summed E-state index contributed by atoms with van der Waals surface area (Å²) in [5, 5.41) is 1.03. The zero-order chi connectivity index (χ0) is 26.4. The van der Waals surface area contributed by atoms with Crippen LogP contribution >= 0.6 is 11.6 Å². The Balaban J connectivity index is 1.29. The van der Waals surface area contributed by atoms with Crippen LogP contribution in [0, 0.1) is 0 Å². The van der Waals surface area contributed by atoms with Crippen LogP contribution in [0.3, 0.4) is 0 Å². The highest BCUT2D eigenvalue weighted by molar-refractivity contribution is 7.89. The highest BCUT2D eigenvalue weighted by atomic mass is 35.5. The summed E-state index contributed by atoms with van der Waals surface area (Å²) in [7, 11) is -4.04. The van der Waals surface area contributed by atoms with Gasteiger partial charge in [-0.2, -0.15) is 4.31 Å². The molecule has 0 spiro atoms. The molecular weight excluding hydrogens is 528 g/mol. The maximum atomic E-state index is 13.6. The summed E-state index contributed by atoms with van der Waals surface area (Å²) >= 11 is 6.06. The largest absolute Gasteiger partial charge is 0.383 e. The van der Waals surface area contributed by atoms with Gasteiger partial charge in [-0.3, -0.25) is 4.79 Å². The van der Waals surface area contributed by atoms with Gasteiger partial charge in [-0.15, -0.1) is 0 Å². The van der Waals surface area contributed by atoms with E-state index in [0.717, 1.165) is 36.9 Å². The first-order chi connectivity index (χ1) is 18.3. The molecule has 2 saturated heterocycles. The normalized spacial score (nSPS) is 19.7. The molecule has 0 bridgehead atoms. The Morgan fingerprint density at radius 1 is 1.08 bits per heavy atom. The van der Waals surface area contributed by atoms with Crippen molar-refractivity contribution in [3.63, 3.8) is 0 Å². The van der Waals surface area contributed by atoms with E-state index < -0.39 is 10.0 Å². The number of benzene rings is 2. The molecule has 2 aromatic heterocycles. The smallest absolute Gasteiger partial charge is 0.277 e. The van der Waals surface area contributed by atoms with E-state index in [4.69, 9.17) is 17.3 Å². The van der Waals surface area contributed by atoms with E-state index in [2.05, 4.69) is 24.8 Å². The lowest BCUT2D eigenvalue weighted by Crippen LogP contribution is -2.60. The number of hydrogen-bond donors (Lipinski definition) is 2. The van der Waals surface area contributed by atoms with Gasteiger partial charge >= 0.3 is 0 Å². The molecular formula is C25H27ClN8O3S. The Hall–Kier alpha value is -3.32. The van der Waals surface area contributed by atoms with Crippen molar-refractivity contribution in [2.45, 2.75) is 30.6 Å². The average Bonchev–Trinajstić information content (AvgIpc) is 3.56. The summed E-state index contributed by atoms with van der Waals surface area (Å²) in [6.07, 6.45) is 3.60. The number of halogens is 1. The lowest BCUT2D eigenvalue weighted by Gasteiger charge is -2.41. The standard InChI is InChI=1S/C25H27ClN8O3S/c26-17-4-6-20-22(10-17)31-25(30-20)38(36,37)33-13-18(12-32-7-1-2-8-32)34(23(35)14-33)11-16-3-5-19-21(9-16)28-15-29-24(19)27/h3-6,9-10,15,18H,1-2,7-8,11-14H2,(H,30,31)(H2,27,28,29)/t18-/m0/s1. The molecule has 13 heteroatoms. The summed E-state index contributed by atoms with van der Waals surface area (Å²) in [5.41, 5.74) is 8.57. The molecule has 0 aliphatic carbocycles. The van der Waals surface area contributed by atoms with Gasteiger partial charge in [-0.1, -0.05) is 17.7 Å². The Labute approximate surface area is 224 Å². The van der Waals surface area contributed by atoms with Crippen molar-refractivity contribution >= 4 is 55.3 Å². The third-order valence-corrected chi connectivity index (χ3v) is 9.12. The minimum atomic E-state index is -4.04. The Morgan fingerprint density at radius 2 is 1.89 bits per heavy atom. The maximum absolute atomic E-state index is 13.6. The van der Waals surface area contributed by atoms with Crippen molar-refractivity contribution in [1.29, 1.82) is 0 Å². The number of carbonyl (C=O) groups excluding carboxylic acids is 1. The molecule has 4 heterocycles. The molecule has 0 radical (unpaired) electrons. The summed E-state index contributed by atoms with van der Waals surface area (Å²) in [6.45, 7) is 2.71. The van der Waals surface area contributed by atoms with Crippen molar-refractivity contribution in [2.75, 3.05) is 38.5 Å². The number of nitrogens with one attached hydrogen (secondary N) is 1. The molecule has 2 aromatic carbocycles. The topological polar surface area (TPSA) is 141 Å². The van der Waals surface area contributed by atoms with Crippen molar-refractivity contribution in [3.8, 4) is 0 Å². The average molecular weight is 555 g/mol. The summed E-state index contributed by atoms with van der Waals surface area (Å²) in [5.74, 6) is 0.140. The maximum Gasteiger partial charge on any atom is 0.277 e. The van der Waals surface area contributed by atoms with Gasteiger partial charge in [0.05, 0.1) is 29.1 Å². The SMILES string of the molecule is Nc1ncnc2cc(CN3C(=O)CN(S(=O)(=O)c4nc5ccc(Cl)cc5[nH]4)C[C@@H]3CN3CCCC3)ccc12. The van der Waals surface area contributed by atoms with Crippen LogP contribution in [0.5, 0.6) is 0 Å². The van der Waals surface area contributed by atoms with Crippen molar-refractivity contribution < 1.29 is 13.2 Å². The van der Waals surface area contributed by atoms with Crippen LogP contribution in [-0.2, 0) is 21.4 Å². The van der Waals surface area contributed by atoms with E-state index in [1.165, 1.54) is 10.6 Å². The molecule has 0 saturated carbocycles.